The molecule has 1 aromatic carbocycles. The molecule has 1 rings (SSSR count). The predicted octanol–water partition coefficient (Wildman–Crippen LogP) is 3.22. The fourth-order valence-electron chi connectivity index (χ4n) is 1.04. The lowest BCUT2D eigenvalue weighted by molar-refractivity contribution is 0.610. The zero-order valence-corrected chi connectivity index (χ0v) is 10.9. The minimum absolute atomic E-state index is 0.135. The van der Waals surface area contributed by atoms with Crippen LogP contribution in [0.25, 0.3) is 0 Å². The summed E-state index contributed by atoms with van der Waals surface area (Å²) in [7, 11) is -2.14. The Morgan fingerprint density at radius 2 is 1.80 bits per heavy atom. The minimum atomic E-state index is -3.17. The Morgan fingerprint density at radius 3 is 2.27 bits per heavy atom. The van der Waals surface area contributed by atoms with Crippen molar-refractivity contribution in [1.29, 1.82) is 0 Å². The average molecular weight is 244 g/mol. The molecular weight excluding hydrogens is 228 g/mol. The zero-order valence-electron chi connectivity index (χ0n) is 9.23. The van der Waals surface area contributed by atoms with Gasteiger partial charge >= 0.3 is 0 Å². The van der Waals surface area contributed by atoms with Crippen LogP contribution in [0.5, 0.6) is 0 Å². The van der Waals surface area contributed by atoms with Gasteiger partial charge in [0.05, 0.1) is 4.90 Å². The Hall–Kier alpha value is -0.480. The van der Waals surface area contributed by atoms with Crippen LogP contribution < -0.4 is 0 Å². The van der Waals surface area contributed by atoms with Crippen molar-refractivity contribution >= 4 is 19.7 Å². The van der Waals surface area contributed by atoms with Gasteiger partial charge in [0, 0.05) is 5.25 Å². The second-order valence-corrected chi connectivity index (χ2v) is 7.85. The number of rotatable bonds is 4. The molecule has 0 aliphatic rings. The summed E-state index contributed by atoms with van der Waals surface area (Å²) in [6.45, 7) is 5.86. The standard InChI is InChI=1S/C11H16O2S2/c1-4-10(3)14-15(12,13)11-7-5-9(2)6-8-11/h5-8,10H,4H2,1-3H3. The van der Waals surface area contributed by atoms with Crippen LogP contribution in [0.1, 0.15) is 25.8 Å². The molecule has 84 valence electrons. The third-order valence-corrected chi connectivity index (χ3v) is 6.26. The van der Waals surface area contributed by atoms with Gasteiger partial charge in [0.25, 0.3) is 0 Å². The first-order chi connectivity index (χ1) is 6.95. The maximum Gasteiger partial charge on any atom is 0.230 e. The Bertz CT molecular complexity index is 407. The van der Waals surface area contributed by atoms with Gasteiger partial charge in [-0.3, -0.25) is 0 Å². The molecule has 0 bridgehead atoms. The third-order valence-electron chi connectivity index (χ3n) is 2.18. The SMILES string of the molecule is CCC(C)SS(=O)(=O)c1ccc(C)cc1. The summed E-state index contributed by atoms with van der Waals surface area (Å²) in [5.41, 5.74) is 1.07. The minimum Gasteiger partial charge on any atom is -0.212 e. The molecule has 0 amide bonds. The summed E-state index contributed by atoms with van der Waals surface area (Å²) in [6.07, 6.45) is 0.857. The van der Waals surface area contributed by atoms with Crippen LogP contribution in [0.15, 0.2) is 29.2 Å². The van der Waals surface area contributed by atoms with Gasteiger partial charge in [-0.2, -0.15) is 0 Å². The molecule has 1 aromatic rings. The molecular formula is C11H16O2S2. The van der Waals surface area contributed by atoms with Crippen LogP contribution in [0.3, 0.4) is 0 Å². The van der Waals surface area contributed by atoms with E-state index in [0.29, 0.717) is 4.90 Å². The maximum atomic E-state index is 11.9. The van der Waals surface area contributed by atoms with Gasteiger partial charge in [-0.25, -0.2) is 8.42 Å². The highest BCUT2D eigenvalue weighted by Gasteiger charge is 2.17. The molecule has 1 atom stereocenters. The van der Waals surface area contributed by atoms with E-state index >= 15 is 0 Å². The van der Waals surface area contributed by atoms with Gasteiger partial charge in [0.15, 0.2) is 0 Å². The highest BCUT2D eigenvalue weighted by molar-refractivity contribution is 8.72. The topological polar surface area (TPSA) is 34.1 Å². The van der Waals surface area contributed by atoms with Crippen molar-refractivity contribution < 1.29 is 8.42 Å². The quantitative estimate of drug-likeness (QED) is 0.763. The molecule has 0 spiro atoms. The molecule has 0 radical (unpaired) electrons. The Labute approximate surface area is 95.4 Å². The van der Waals surface area contributed by atoms with Crippen molar-refractivity contribution in [3.05, 3.63) is 29.8 Å². The van der Waals surface area contributed by atoms with E-state index in [9.17, 15) is 8.42 Å². The van der Waals surface area contributed by atoms with Crippen LogP contribution >= 0.6 is 10.8 Å². The van der Waals surface area contributed by atoms with Crippen molar-refractivity contribution in [1.82, 2.24) is 0 Å². The number of benzene rings is 1. The lowest BCUT2D eigenvalue weighted by Gasteiger charge is -2.08. The third kappa shape index (κ3) is 3.54. The van der Waals surface area contributed by atoms with E-state index in [1.165, 1.54) is 0 Å². The van der Waals surface area contributed by atoms with Gasteiger partial charge in [-0.05, 0) is 36.3 Å². The van der Waals surface area contributed by atoms with E-state index in [0.717, 1.165) is 22.8 Å². The van der Waals surface area contributed by atoms with Gasteiger partial charge in [0.1, 0.15) is 0 Å². The van der Waals surface area contributed by atoms with Crippen molar-refractivity contribution in [2.24, 2.45) is 0 Å². The maximum absolute atomic E-state index is 11.9. The number of aryl methyl sites for hydroxylation is 1. The first-order valence-corrected chi connectivity index (χ1v) is 7.83. The van der Waals surface area contributed by atoms with Gasteiger partial charge in [0.2, 0.25) is 8.87 Å². The highest BCUT2D eigenvalue weighted by Crippen LogP contribution is 2.28. The Kier molecular flexibility index (Phi) is 4.22. The van der Waals surface area contributed by atoms with Gasteiger partial charge < -0.3 is 0 Å². The Balaban J connectivity index is 2.91. The van der Waals surface area contributed by atoms with E-state index in [1.807, 2.05) is 32.9 Å². The van der Waals surface area contributed by atoms with Crippen molar-refractivity contribution in [2.45, 2.75) is 37.3 Å². The molecule has 4 heteroatoms. The second kappa shape index (κ2) is 5.03. The van der Waals surface area contributed by atoms with Crippen molar-refractivity contribution in [3.63, 3.8) is 0 Å². The summed E-state index contributed by atoms with van der Waals surface area (Å²) in [5, 5.41) is 0.135. The number of hydrogen-bond donors (Lipinski definition) is 0. The van der Waals surface area contributed by atoms with Gasteiger partial charge in [-0.1, -0.05) is 31.5 Å². The van der Waals surface area contributed by atoms with Crippen LogP contribution in [-0.2, 0) is 8.87 Å². The molecule has 0 aliphatic heterocycles. The van der Waals surface area contributed by atoms with E-state index in [-0.39, 0.29) is 5.25 Å². The van der Waals surface area contributed by atoms with E-state index in [4.69, 9.17) is 0 Å². The van der Waals surface area contributed by atoms with Crippen molar-refractivity contribution in [3.8, 4) is 0 Å². The lowest BCUT2D eigenvalue weighted by Crippen LogP contribution is -2.02. The zero-order chi connectivity index (χ0) is 11.5. The fourth-order valence-corrected chi connectivity index (χ4v) is 4.57. The lowest BCUT2D eigenvalue weighted by atomic mass is 10.2. The largest absolute Gasteiger partial charge is 0.230 e. The summed E-state index contributed by atoms with van der Waals surface area (Å²) >= 11 is 0. The molecule has 0 N–H and O–H groups in total. The first-order valence-electron chi connectivity index (χ1n) is 4.95. The monoisotopic (exact) mass is 244 g/mol. The molecule has 0 heterocycles. The molecule has 1 unspecified atom stereocenters. The highest BCUT2D eigenvalue weighted by atomic mass is 33.1. The van der Waals surface area contributed by atoms with Crippen LogP contribution in [0, 0.1) is 6.92 Å². The Morgan fingerprint density at radius 1 is 1.27 bits per heavy atom. The van der Waals surface area contributed by atoms with Crippen LogP contribution in [-0.4, -0.2) is 13.7 Å². The van der Waals surface area contributed by atoms with Crippen LogP contribution in [0.2, 0.25) is 0 Å². The summed E-state index contributed by atoms with van der Waals surface area (Å²) < 4.78 is 23.8. The molecule has 15 heavy (non-hydrogen) atoms. The van der Waals surface area contributed by atoms with E-state index in [2.05, 4.69) is 0 Å². The molecule has 0 aliphatic carbocycles. The van der Waals surface area contributed by atoms with E-state index < -0.39 is 8.87 Å². The van der Waals surface area contributed by atoms with Crippen LogP contribution in [0.4, 0.5) is 0 Å². The molecule has 0 saturated heterocycles. The second-order valence-electron chi connectivity index (χ2n) is 3.58. The summed E-state index contributed by atoms with van der Waals surface area (Å²) in [6, 6.07) is 6.98. The summed E-state index contributed by atoms with van der Waals surface area (Å²) in [4.78, 5) is 0.401. The number of hydrogen-bond acceptors (Lipinski definition) is 3. The molecule has 2 nitrogen and oxygen atoms in total. The predicted molar refractivity (Wildman–Crippen MR) is 65.7 cm³/mol. The smallest absolute Gasteiger partial charge is 0.212 e. The molecule has 0 saturated carbocycles. The van der Waals surface area contributed by atoms with Crippen molar-refractivity contribution in [2.75, 3.05) is 0 Å². The summed E-state index contributed by atoms with van der Waals surface area (Å²) in [5.74, 6) is 0. The first kappa shape index (κ1) is 12.6. The normalized spacial score (nSPS) is 13.8. The molecule has 0 aromatic heterocycles. The van der Waals surface area contributed by atoms with Gasteiger partial charge in [-0.15, -0.1) is 0 Å². The fraction of sp³-hybridized carbons (Fsp3) is 0.455. The van der Waals surface area contributed by atoms with E-state index in [1.54, 1.807) is 12.1 Å². The molecule has 0 fully saturated rings. The average Bonchev–Trinajstić information content (AvgIpc) is 2.17.